The molecule has 4 rings (SSSR count). The summed E-state index contributed by atoms with van der Waals surface area (Å²) < 4.78 is 21.3. The molecular formula is C24H20ClFN4O3S. The summed E-state index contributed by atoms with van der Waals surface area (Å²) in [6.45, 7) is 1.60. The lowest BCUT2D eigenvalue weighted by molar-refractivity contribution is -0.479. The molecular weight excluding hydrogens is 479 g/mol. The number of hydrogen-bond donors (Lipinski definition) is 0. The lowest BCUT2D eigenvalue weighted by atomic mass is 10.1. The number of nitro groups is 1. The van der Waals surface area contributed by atoms with Crippen LogP contribution in [0.25, 0.3) is 5.69 Å². The van der Waals surface area contributed by atoms with Crippen LogP contribution >= 0.6 is 23.4 Å². The minimum Gasteiger partial charge on any atom is -0.489 e. The van der Waals surface area contributed by atoms with Crippen LogP contribution in [-0.2, 0) is 6.61 Å². The fourth-order valence-electron chi connectivity index (χ4n) is 3.34. The molecule has 0 aliphatic heterocycles. The van der Waals surface area contributed by atoms with Crippen molar-refractivity contribution in [2.24, 2.45) is 0 Å². The summed E-state index contributed by atoms with van der Waals surface area (Å²) in [7, 11) is 0. The highest BCUT2D eigenvalue weighted by Crippen LogP contribution is 2.36. The normalized spacial score (nSPS) is 11.9. The van der Waals surface area contributed by atoms with Gasteiger partial charge in [0.25, 0.3) is 0 Å². The van der Waals surface area contributed by atoms with E-state index < -0.39 is 5.25 Å². The van der Waals surface area contributed by atoms with E-state index in [1.807, 2.05) is 23.6 Å². The van der Waals surface area contributed by atoms with E-state index in [1.165, 1.54) is 17.8 Å². The number of hydrogen-bond acceptors (Lipinski definition) is 6. The number of ether oxygens (including phenoxy) is 1. The number of rotatable bonds is 9. The Labute approximate surface area is 204 Å². The smallest absolute Gasteiger partial charge is 0.220 e. The molecule has 0 aliphatic carbocycles. The predicted molar refractivity (Wildman–Crippen MR) is 129 cm³/mol. The molecule has 0 unspecified atom stereocenters. The first-order valence-electron chi connectivity index (χ1n) is 10.3. The van der Waals surface area contributed by atoms with Crippen LogP contribution in [-0.4, -0.2) is 26.2 Å². The van der Waals surface area contributed by atoms with Crippen molar-refractivity contribution in [3.05, 3.63) is 111 Å². The third-order valence-electron chi connectivity index (χ3n) is 5.05. The second-order valence-electron chi connectivity index (χ2n) is 7.41. The molecule has 0 amide bonds. The summed E-state index contributed by atoms with van der Waals surface area (Å²) in [6, 6.07) is 20.6. The first-order chi connectivity index (χ1) is 16.4. The van der Waals surface area contributed by atoms with Gasteiger partial charge in [-0.2, -0.15) is 0 Å². The van der Waals surface area contributed by atoms with Crippen molar-refractivity contribution in [3.63, 3.8) is 0 Å². The highest BCUT2D eigenvalue weighted by atomic mass is 35.5. The number of nitrogens with zero attached hydrogens (tertiary/aromatic N) is 4. The molecule has 1 aromatic heterocycles. The Hall–Kier alpha value is -3.43. The summed E-state index contributed by atoms with van der Waals surface area (Å²) in [5, 5.41) is 20.4. The Balaban J connectivity index is 1.53. The van der Waals surface area contributed by atoms with Gasteiger partial charge in [-0.25, -0.2) is 4.39 Å². The highest BCUT2D eigenvalue weighted by Gasteiger charge is 2.24. The molecule has 1 atom stereocenters. The summed E-state index contributed by atoms with van der Waals surface area (Å²) in [5.41, 5.74) is 2.00. The van der Waals surface area contributed by atoms with Crippen molar-refractivity contribution >= 4 is 23.4 Å². The Bertz CT molecular complexity index is 1280. The quantitative estimate of drug-likeness (QED) is 0.158. The fraction of sp³-hybridized carbons (Fsp3) is 0.167. The van der Waals surface area contributed by atoms with Gasteiger partial charge in [0.2, 0.25) is 6.54 Å². The van der Waals surface area contributed by atoms with Crippen molar-refractivity contribution in [1.82, 2.24) is 14.8 Å². The minimum absolute atomic E-state index is 0.0859. The van der Waals surface area contributed by atoms with Crippen LogP contribution in [0.1, 0.15) is 22.2 Å². The van der Waals surface area contributed by atoms with Crippen molar-refractivity contribution in [2.75, 3.05) is 6.54 Å². The molecule has 10 heteroatoms. The zero-order valence-electron chi connectivity index (χ0n) is 18.1. The molecule has 0 spiro atoms. The third-order valence-corrected chi connectivity index (χ3v) is 6.48. The zero-order chi connectivity index (χ0) is 24.1. The average molecular weight is 499 g/mol. The molecule has 0 radical (unpaired) electrons. The monoisotopic (exact) mass is 498 g/mol. The van der Waals surface area contributed by atoms with Gasteiger partial charge in [0.1, 0.15) is 29.2 Å². The standard InChI is InChI=1S/C24H20ClFN4O3S/c1-16-27-28-24(30(16)20-10-8-19(25)9-11-20)34-23(14-29(31)32)17-6-12-21(13-7-17)33-15-18-4-2-3-5-22(18)26/h2-13,23H,14-15H2,1H3/t23-/m0/s1. The van der Waals surface area contributed by atoms with Crippen LogP contribution in [0.2, 0.25) is 5.02 Å². The molecule has 0 aliphatic rings. The van der Waals surface area contributed by atoms with Gasteiger partial charge in [-0.1, -0.05) is 53.7 Å². The Morgan fingerprint density at radius 1 is 1.09 bits per heavy atom. The highest BCUT2D eigenvalue weighted by molar-refractivity contribution is 7.99. The van der Waals surface area contributed by atoms with E-state index in [9.17, 15) is 14.5 Å². The summed E-state index contributed by atoms with van der Waals surface area (Å²) in [4.78, 5) is 11.1. The van der Waals surface area contributed by atoms with E-state index in [-0.39, 0.29) is 23.9 Å². The second-order valence-corrected chi connectivity index (χ2v) is 9.02. The largest absolute Gasteiger partial charge is 0.489 e. The SMILES string of the molecule is Cc1nnc(S[C@@H](C[N+](=O)[O-])c2ccc(OCc3ccccc3F)cc2)n1-c1ccc(Cl)cc1. The van der Waals surface area contributed by atoms with Gasteiger partial charge in [0.15, 0.2) is 5.16 Å². The molecule has 0 saturated heterocycles. The molecule has 1 heterocycles. The van der Waals surface area contributed by atoms with Gasteiger partial charge in [-0.05, 0) is 55.0 Å². The Morgan fingerprint density at radius 3 is 2.47 bits per heavy atom. The summed E-state index contributed by atoms with van der Waals surface area (Å²) >= 11 is 7.26. The van der Waals surface area contributed by atoms with Crippen LogP contribution in [0.15, 0.2) is 78.0 Å². The predicted octanol–water partition coefficient (Wildman–Crippen LogP) is 6.06. The lowest BCUT2D eigenvalue weighted by Gasteiger charge is -2.15. The van der Waals surface area contributed by atoms with Crippen LogP contribution in [0.5, 0.6) is 5.75 Å². The van der Waals surface area contributed by atoms with E-state index >= 15 is 0 Å². The molecule has 4 aromatic rings. The van der Waals surface area contributed by atoms with Crippen LogP contribution in [0.3, 0.4) is 0 Å². The number of aryl methyl sites for hydroxylation is 1. The topological polar surface area (TPSA) is 83.1 Å². The second kappa shape index (κ2) is 10.7. The summed E-state index contributed by atoms with van der Waals surface area (Å²) in [5.74, 6) is 0.861. The molecule has 174 valence electrons. The van der Waals surface area contributed by atoms with Crippen molar-refractivity contribution in [3.8, 4) is 11.4 Å². The molecule has 0 bridgehead atoms. The van der Waals surface area contributed by atoms with E-state index in [2.05, 4.69) is 10.2 Å². The average Bonchev–Trinajstić information content (AvgIpc) is 3.18. The summed E-state index contributed by atoms with van der Waals surface area (Å²) in [6.07, 6.45) is 0. The maximum Gasteiger partial charge on any atom is 0.220 e. The van der Waals surface area contributed by atoms with Gasteiger partial charge in [0, 0.05) is 21.2 Å². The van der Waals surface area contributed by atoms with Crippen molar-refractivity contribution in [1.29, 1.82) is 0 Å². The van der Waals surface area contributed by atoms with Crippen LogP contribution in [0.4, 0.5) is 4.39 Å². The van der Waals surface area contributed by atoms with E-state index in [0.29, 0.717) is 27.3 Å². The first-order valence-corrected chi connectivity index (χ1v) is 11.6. The van der Waals surface area contributed by atoms with Crippen LogP contribution < -0.4 is 4.74 Å². The van der Waals surface area contributed by atoms with Gasteiger partial charge in [0.05, 0.1) is 0 Å². The minimum atomic E-state index is -0.509. The Kier molecular flexibility index (Phi) is 7.44. The van der Waals surface area contributed by atoms with E-state index in [4.69, 9.17) is 16.3 Å². The molecule has 0 saturated carbocycles. The van der Waals surface area contributed by atoms with E-state index in [0.717, 1.165) is 11.3 Å². The molecule has 3 aromatic carbocycles. The number of halogens is 2. The first kappa shape index (κ1) is 23.7. The van der Waals surface area contributed by atoms with Gasteiger partial charge < -0.3 is 4.74 Å². The number of benzene rings is 3. The van der Waals surface area contributed by atoms with E-state index in [1.54, 1.807) is 54.6 Å². The maximum atomic E-state index is 13.8. The molecule has 0 fully saturated rings. The van der Waals surface area contributed by atoms with Crippen molar-refractivity contribution < 1.29 is 14.1 Å². The Morgan fingerprint density at radius 2 is 1.79 bits per heavy atom. The maximum absolute atomic E-state index is 13.8. The number of thioether (sulfide) groups is 1. The van der Waals surface area contributed by atoms with Crippen LogP contribution in [0, 0.1) is 22.9 Å². The lowest BCUT2D eigenvalue weighted by Crippen LogP contribution is -2.11. The fourth-order valence-corrected chi connectivity index (χ4v) is 4.64. The molecule has 34 heavy (non-hydrogen) atoms. The zero-order valence-corrected chi connectivity index (χ0v) is 19.7. The van der Waals surface area contributed by atoms with Gasteiger partial charge in [-0.3, -0.25) is 14.7 Å². The third kappa shape index (κ3) is 5.73. The van der Waals surface area contributed by atoms with Gasteiger partial charge in [-0.15, -0.1) is 10.2 Å². The molecule has 7 nitrogen and oxygen atoms in total. The number of aromatic nitrogens is 3. The van der Waals surface area contributed by atoms with Gasteiger partial charge >= 0.3 is 0 Å². The molecule has 0 N–H and O–H groups in total. The van der Waals surface area contributed by atoms with Crippen molar-refractivity contribution in [2.45, 2.75) is 23.9 Å².